The summed E-state index contributed by atoms with van der Waals surface area (Å²) in [6.07, 6.45) is 0. The molecule has 3 aromatic rings. The van der Waals surface area contributed by atoms with Crippen LogP contribution in [0.2, 0.25) is 5.02 Å². The Morgan fingerprint density at radius 1 is 1.21 bits per heavy atom. The second-order valence-electron chi connectivity index (χ2n) is 4.39. The van der Waals surface area contributed by atoms with Crippen LogP contribution in [0.3, 0.4) is 0 Å². The number of benzene rings is 2. The zero-order valence-electron chi connectivity index (χ0n) is 10.2. The number of rotatable bonds is 1. The topological polar surface area (TPSA) is 52.5 Å². The summed E-state index contributed by atoms with van der Waals surface area (Å²) >= 11 is 6.13. The number of nitrogens with one attached hydrogen (secondary N) is 1. The number of H-pyrrole nitrogens is 1. The van der Waals surface area contributed by atoms with E-state index in [-0.39, 0.29) is 0 Å². The van der Waals surface area contributed by atoms with Crippen LogP contribution in [0.4, 0.5) is 0 Å². The van der Waals surface area contributed by atoms with Crippen molar-refractivity contribution in [2.75, 3.05) is 0 Å². The molecule has 0 spiro atoms. The van der Waals surface area contributed by atoms with Gasteiger partial charge in [-0.25, -0.2) is 4.98 Å². The molecule has 0 bridgehead atoms. The third kappa shape index (κ3) is 2.07. The molecule has 1 heterocycles. The van der Waals surface area contributed by atoms with E-state index < -0.39 is 0 Å². The number of hydrogen-bond acceptors (Lipinski definition) is 2. The molecule has 0 unspecified atom stereocenters. The number of aryl methyl sites for hydroxylation is 1. The molecule has 0 saturated heterocycles. The fourth-order valence-corrected chi connectivity index (χ4v) is 2.14. The highest BCUT2D eigenvalue weighted by Crippen LogP contribution is 2.25. The van der Waals surface area contributed by atoms with Gasteiger partial charge in [-0.15, -0.1) is 0 Å². The van der Waals surface area contributed by atoms with E-state index >= 15 is 0 Å². The lowest BCUT2D eigenvalue weighted by Gasteiger charge is -2.00. The van der Waals surface area contributed by atoms with E-state index in [0.29, 0.717) is 5.56 Å². The van der Waals surface area contributed by atoms with Gasteiger partial charge in [-0.05, 0) is 36.8 Å². The SMILES string of the molecule is Cc1ccc(-c2nc3ccc(C#N)cc3[nH]2)cc1Cl. The summed E-state index contributed by atoms with van der Waals surface area (Å²) in [6.45, 7) is 1.96. The molecule has 3 rings (SSSR count). The van der Waals surface area contributed by atoms with Crippen LogP contribution in [0.5, 0.6) is 0 Å². The Morgan fingerprint density at radius 3 is 2.79 bits per heavy atom. The van der Waals surface area contributed by atoms with Crippen molar-refractivity contribution in [3.63, 3.8) is 0 Å². The van der Waals surface area contributed by atoms with Crippen molar-refractivity contribution in [2.24, 2.45) is 0 Å². The molecule has 92 valence electrons. The van der Waals surface area contributed by atoms with Crippen LogP contribution in [0.1, 0.15) is 11.1 Å². The lowest BCUT2D eigenvalue weighted by Crippen LogP contribution is -1.82. The quantitative estimate of drug-likeness (QED) is 0.723. The van der Waals surface area contributed by atoms with Crippen molar-refractivity contribution in [1.82, 2.24) is 9.97 Å². The second kappa shape index (κ2) is 4.42. The minimum Gasteiger partial charge on any atom is -0.338 e. The Kier molecular flexibility index (Phi) is 2.73. The van der Waals surface area contributed by atoms with Crippen LogP contribution in [0.25, 0.3) is 22.4 Å². The van der Waals surface area contributed by atoms with Crippen molar-refractivity contribution in [3.05, 3.63) is 52.5 Å². The highest BCUT2D eigenvalue weighted by molar-refractivity contribution is 6.31. The molecule has 0 atom stereocenters. The fourth-order valence-electron chi connectivity index (χ4n) is 1.96. The van der Waals surface area contributed by atoms with Gasteiger partial charge >= 0.3 is 0 Å². The smallest absolute Gasteiger partial charge is 0.138 e. The first kappa shape index (κ1) is 11.8. The third-order valence-corrected chi connectivity index (χ3v) is 3.46. The summed E-state index contributed by atoms with van der Waals surface area (Å²) in [6, 6.07) is 13.3. The minimum absolute atomic E-state index is 0.615. The summed E-state index contributed by atoms with van der Waals surface area (Å²) in [5.74, 6) is 0.756. The number of nitrogens with zero attached hydrogens (tertiary/aromatic N) is 2. The number of nitriles is 1. The van der Waals surface area contributed by atoms with Crippen LogP contribution >= 0.6 is 11.6 Å². The van der Waals surface area contributed by atoms with Crippen molar-refractivity contribution < 1.29 is 0 Å². The first-order chi connectivity index (χ1) is 9.17. The second-order valence-corrected chi connectivity index (χ2v) is 4.80. The molecular formula is C15H10ClN3. The standard InChI is InChI=1S/C15H10ClN3/c1-9-2-4-11(7-12(9)16)15-18-13-5-3-10(8-17)6-14(13)19-15/h2-7H,1H3,(H,18,19). The van der Waals surface area contributed by atoms with Gasteiger partial charge in [0.25, 0.3) is 0 Å². The minimum atomic E-state index is 0.615. The number of fused-ring (bicyclic) bond motifs is 1. The molecule has 0 fully saturated rings. The monoisotopic (exact) mass is 267 g/mol. The van der Waals surface area contributed by atoms with Gasteiger partial charge < -0.3 is 4.98 Å². The summed E-state index contributed by atoms with van der Waals surface area (Å²) in [4.78, 5) is 7.72. The largest absolute Gasteiger partial charge is 0.338 e. The summed E-state index contributed by atoms with van der Waals surface area (Å²) in [5.41, 5.74) is 4.28. The van der Waals surface area contributed by atoms with Gasteiger partial charge in [0.1, 0.15) is 5.82 Å². The van der Waals surface area contributed by atoms with Crippen LogP contribution in [-0.2, 0) is 0 Å². The van der Waals surface area contributed by atoms with Crippen molar-refractivity contribution in [2.45, 2.75) is 6.92 Å². The zero-order valence-corrected chi connectivity index (χ0v) is 11.0. The van der Waals surface area contributed by atoms with Gasteiger partial charge in [-0.3, -0.25) is 0 Å². The molecule has 3 nitrogen and oxygen atoms in total. The van der Waals surface area contributed by atoms with Crippen molar-refractivity contribution in [3.8, 4) is 17.5 Å². The highest BCUT2D eigenvalue weighted by Gasteiger charge is 2.07. The maximum atomic E-state index is 8.89. The summed E-state index contributed by atoms with van der Waals surface area (Å²) in [7, 11) is 0. The van der Waals surface area contributed by atoms with Gasteiger partial charge in [0.2, 0.25) is 0 Å². The first-order valence-corrected chi connectivity index (χ1v) is 6.21. The summed E-state index contributed by atoms with van der Waals surface area (Å²) in [5, 5.41) is 9.60. The average Bonchev–Trinajstić information content (AvgIpc) is 2.84. The van der Waals surface area contributed by atoms with Crippen LogP contribution in [0.15, 0.2) is 36.4 Å². The van der Waals surface area contributed by atoms with E-state index in [1.54, 1.807) is 12.1 Å². The van der Waals surface area contributed by atoms with Gasteiger partial charge in [0, 0.05) is 10.6 Å². The molecule has 1 aromatic heterocycles. The maximum Gasteiger partial charge on any atom is 0.138 e. The van der Waals surface area contributed by atoms with E-state index in [4.69, 9.17) is 16.9 Å². The Labute approximate surface area is 115 Å². The number of imidazole rings is 1. The van der Waals surface area contributed by atoms with Crippen LogP contribution < -0.4 is 0 Å². The van der Waals surface area contributed by atoms with E-state index in [9.17, 15) is 0 Å². The molecule has 0 amide bonds. The van der Waals surface area contributed by atoms with Crippen LogP contribution in [0, 0.1) is 18.3 Å². The lowest BCUT2D eigenvalue weighted by atomic mass is 10.1. The van der Waals surface area contributed by atoms with E-state index in [0.717, 1.165) is 33.0 Å². The Morgan fingerprint density at radius 2 is 2.05 bits per heavy atom. The Bertz CT molecular complexity index is 812. The normalized spacial score (nSPS) is 10.6. The van der Waals surface area contributed by atoms with E-state index in [1.807, 2.05) is 31.2 Å². The number of hydrogen-bond donors (Lipinski definition) is 1. The van der Waals surface area contributed by atoms with Gasteiger partial charge in [-0.2, -0.15) is 5.26 Å². The number of halogens is 1. The average molecular weight is 268 g/mol. The lowest BCUT2D eigenvalue weighted by molar-refractivity contribution is 1.33. The zero-order chi connectivity index (χ0) is 13.4. The van der Waals surface area contributed by atoms with Gasteiger partial charge in [0.15, 0.2) is 0 Å². The molecule has 0 aliphatic carbocycles. The third-order valence-electron chi connectivity index (χ3n) is 3.06. The van der Waals surface area contributed by atoms with E-state index in [1.165, 1.54) is 0 Å². The van der Waals surface area contributed by atoms with Gasteiger partial charge in [-0.1, -0.05) is 23.7 Å². The number of aromatic nitrogens is 2. The maximum absolute atomic E-state index is 8.89. The molecule has 4 heteroatoms. The molecule has 19 heavy (non-hydrogen) atoms. The molecule has 0 saturated carbocycles. The molecule has 0 aliphatic heterocycles. The van der Waals surface area contributed by atoms with E-state index in [2.05, 4.69) is 16.0 Å². The highest BCUT2D eigenvalue weighted by atomic mass is 35.5. The predicted molar refractivity (Wildman–Crippen MR) is 76.0 cm³/mol. The molecule has 0 aliphatic rings. The van der Waals surface area contributed by atoms with Crippen molar-refractivity contribution in [1.29, 1.82) is 5.26 Å². The van der Waals surface area contributed by atoms with Crippen molar-refractivity contribution >= 4 is 22.6 Å². The predicted octanol–water partition coefficient (Wildman–Crippen LogP) is 4.06. The molecular weight excluding hydrogens is 258 g/mol. The fraction of sp³-hybridized carbons (Fsp3) is 0.0667. The number of aromatic amines is 1. The summed E-state index contributed by atoms with van der Waals surface area (Å²) < 4.78 is 0. The molecule has 2 aromatic carbocycles. The first-order valence-electron chi connectivity index (χ1n) is 5.84. The van der Waals surface area contributed by atoms with Crippen LogP contribution in [-0.4, -0.2) is 9.97 Å². The Hall–Kier alpha value is -2.31. The van der Waals surface area contributed by atoms with Gasteiger partial charge in [0.05, 0.1) is 22.7 Å². The molecule has 0 radical (unpaired) electrons. The Balaban J connectivity index is 2.15. The molecule has 1 N–H and O–H groups in total.